The minimum Gasteiger partial charge on any atom is -0.507 e. The Hall–Kier alpha value is -2.84. The highest BCUT2D eigenvalue weighted by molar-refractivity contribution is 7.99. The summed E-state index contributed by atoms with van der Waals surface area (Å²) in [4.78, 5) is 11.9. The fourth-order valence-electron chi connectivity index (χ4n) is 2.25. The normalized spacial score (nSPS) is 11.0. The maximum absolute atomic E-state index is 11.9. The first-order valence-electron chi connectivity index (χ1n) is 7.92. The minimum atomic E-state index is -0.293. The molecule has 0 bridgehead atoms. The van der Waals surface area contributed by atoms with Crippen LogP contribution in [0.1, 0.15) is 5.56 Å². The van der Waals surface area contributed by atoms with Crippen LogP contribution in [0.5, 0.6) is 5.75 Å². The zero-order valence-corrected chi connectivity index (χ0v) is 15.9. The number of aromatic hydroxyl groups is 1. The van der Waals surface area contributed by atoms with Gasteiger partial charge in [-0.25, -0.2) is 5.43 Å². The molecule has 1 amide bonds. The summed E-state index contributed by atoms with van der Waals surface area (Å²) in [5.74, 6) is 0.592. The third-order valence-electron chi connectivity index (χ3n) is 3.58. The maximum Gasteiger partial charge on any atom is 0.250 e. The quantitative estimate of drug-likeness (QED) is 0.376. The molecule has 138 valence electrons. The summed E-state index contributed by atoms with van der Waals surface area (Å²) >= 11 is 7.26. The number of phenols is 1. The van der Waals surface area contributed by atoms with E-state index in [0.29, 0.717) is 21.6 Å². The van der Waals surface area contributed by atoms with Crippen molar-refractivity contribution in [3.63, 3.8) is 0 Å². The summed E-state index contributed by atoms with van der Waals surface area (Å²) in [6, 6.07) is 14.0. The number of rotatable bonds is 6. The molecule has 0 saturated heterocycles. The number of hydrogen-bond donors (Lipinski definition) is 2. The number of para-hydroxylation sites is 1. The highest BCUT2D eigenvalue weighted by Gasteiger charge is 2.13. The number of phenolic OH excluding ortho intramolecular Hbond substituents is 1. The summed E-state index contributed by atoms with van der Waals surface area (Å²) in [6.45, 7) is 0. The van der Waals surface area contributed by atoms with Crippen molar-refractivity contribution in [3.05, 3.63) is 59.1 Å². The van der Waals surface area contributed by atoms with Gasteiger partial charge in [0.15, 0.2) is 11.0 Å². The van der Waals surface area contributed by atoms with Gasteiger partial charge < -0.3 is 9.67 Å². The number of benzene rings is 2. The van der Waals surface area contributed by atoms with Gasteiger partial charge in [-0.3, -0.25) is 4.79 Å². The Morgan fingerprint density at radius 2 is 2.11 bits per heavy atom. The van der Waals surface area contributed by atoms with Crippen molar-refractivity contribution in [2.75, 3.05) is 5.75 Å². The molecule has 3 aromatic rings. The van der Waals surface area contributed by atoms with Crippen LogP contribution in [0.3, 0.4) is 0 Å². The zero-order chi connectivity index (χ0) is 19.2. The predicted octanol–water partition coefficient (Wildman–Crippen LogP) is 3.08. The van der Waals surface area contributed by atoms with Crippen molar-refractivity contribution in [1.29, 1.82) is 0 Å². The lowest BCUT2D eigenvalue weighted by atomic mass is 10.2. The number of carbonyl (C=O) groups excluding carboxylic acids is 1. The predicted molar refractivity (Wildman–Crippen MR) is 106 cm³/mol. The topological polar surface area (TPSA) is 92.4 Å². The molecule has 0 unspecified atom stereocenters. The van der Waals surface area contributed by atoms with E-state index in [9.17, 15) is 9.90 Å². The zero-order valence-electron chi connectivity index (χ0n) is 14.3. The number of nitrogens with zero attached hydrogens (tertiary/aromatic N) is 4. The Balaban J connectivity index is 1.57. The van der Waals surface area contributed by atoms with Gasteiger partial charge >= 0.3 is 0 Å². The molecule has 2 N–H and O–H groups in total. The second kappa shape index (κ2) is 8.70. The van der Waals surface area contributed by atoms with Gasteiger partial charge in [0.25, 0.3) is 5.91 Å². The van der Waals surface area contributed by atoms with E-state index in [1.54, 1.807) is 41.0 Å². The molecule has 0 aliphatic carbocycles. The number of amides is 1. The molecule has 0 radical (unpaired) electrons. The van der Waals surface area contributed by atoms with Crippen LogP contribution >= 0.6 is 23.4 Å². The highest BCUT2D eigenvalue weighted by atomic mass is 35.5. The summed E-state index contributed by atoms with van der Waals surface area (Å²) in [5, 5.41) is 23.0. The van der Waals surface area contributed by atoms with Crippen LogP contribution in [0.2, 0.25) is 5.02 Å². The summed E-state index contributed by atoms with van der Waals surface area (Å²) in [5.41, 5.74) is 3.78. The summed E-state index contributed by atoms with van der Waals surface area (Å²) in [7, 11) is 1.83. The van der Waals surface area contributed by atoms with Crippen LogP contribution in [0, 0.1) is 0 Å². The fraction of sp³-hybridized carbons (Fsp3) is 0.111. The molecule has 2 aromatic carbocycles. The largest absolute Gasteiger partial charge is 0.507 e. The van der Waals surface area contributed by atoms with Gasteiger partial charge in [0.2, 0.25) is 0 Å². The van der Waals surface area contributed by atoms with Crippen molar-refractivity contribution >= 4 is 35.5 Å². The first-order valence-corrected chi connectivity index (χ1v) is 9.29. The van der Waals surface area contributed by atoms with Gasteiger partial charge in [0, 0.05) is 23.2 Å². The monoisotopic (exact) mass is 401 g/mol. The molecule has 0 spiro atoms. The second-order valence-electron chi connectivity index (χ2n) is 5.52. The molecule has 3 rings (SSSR count). The molecule has 27 heavy (non-hydrogen) atoms. The molecule has 1 aromatic heterocycles. The Kier molecular flexibility index (Phi) is 6.10. The first kappa shape index (κ1) is 18.9. The molecule has 1 heterocycles. The van der Waals surface area contributed by atoms with E-state index in [2.05, 4.69) is 20.7 Å². The number of carbonyl (C=O) groups is 1. The molecule has 0 aliphatic heterocycles. The Morgan fingerprint density at radius 3 is 2.89 bits per heavy atom. The van der Waals surface area contributed by atoms with E-state index in [0.717, 1.165) is 5.56 Å². The Labute approximate surface area is 165 Å². The minimum absolute atomic E-state index is 0.0949. The lowest BCUT2D eigenvalue weighted by Gasteiger charge is -2.04. The first-order chi connectivity index (χ1) is 13.0. The van der Waals surface area contributed by atoms with E-state index in [1.807, 2.05) is 19.2 Å². The van der Waals surface area contributed by atoms with E-state index in [-0.39, 0.29) is 17.4 Å². The number of hydrazone groups is 1. The van der Waals surface area contributed by atoms with E-state index < -0.39 is 0 Å². The molecule has 0 atom stereocenters. The molecular weight excluding hydrogens is 386 g/mol. The van der Waals surface area contributed by atoms with Crippen LogP contribution < -0.4 is 5.43 Å². The van der Waals surface area contributed by atoms with E-state index >= 15 is 0 Å². The van der Waals surface area contributed by atoms with Gasteiger partial charge in [0.1, 0.15) is 5.75 Å². The van der Waals surface area contributed by atoms with Crippen molar-refractivity contribution in [2.24, 2.45) is 12.1 Å². The van der Waals surface area contributed by atoms with Crippen LogP contribution in [0.4, 0.5) is 0 Å². The third-order valence-corrected chi connectivity index (χ3v) is 4.84. The van der Waals surface area contributed by atoms with Crippen molar-refractivity contribution < 1.29 is 9.90 Å². The highest BCUT2D eigenvalue weighted by Crippen LogP contribution is 2.24. The second-order valence-corrected chi connectivity index (χ2v) is 6.90. The van der Waals surface area contributed by atoms with Crippen LogP contribution in [-0.2, 0) is 11.8 Å². The lowest BCUT2D eigenvalue weighted by molar-refractivity contribution is -0.118. The third kappa shape index (κ3) is 4.87. The lowest BCUT2D eigenvalue weighted by Crippen LogP contribution is -2.19. The molecule has 0 aliphatic rings. The molecule has 0 saturated carbocycles. The average molecular weight is 402 g/mol. The summed E-state index contributed by atoms with van der Waals surface area (Å²) in [6.07, 6.45) is 1.39. The Bertz CT molecular complexity index is 989. The standard InChI is InChI=1S/C18H16ClN5O2S/c1-24-17(12-6-4-7-14(19)9-12)22-23-18(24)27-11-16(26)21-20-10-13-5-2-3-8-15(13)25/h2-10,25H,11H2,1H3,(H,21,26)/b20-10-. The number of aromatic nitrogens is 3. The number of thioether (sulfide) groups is 1. The number of hydrogen-bond acceptors (Lipinski definition) is 6. The van der Waals surface area contributed by atoms with E-state index in [4.69, 9.17) is 11.6 Å². The van der Waals surface area contributed by atoms with Crippen LogP contribution in [0.25, 0.3) is 11.4 Å². The van der Waals surface area contributed by atoms with Crippen molar-refractivity contribution in [3.8, 4) is 17.1 Å². The molecule has 9 heteroatoms. The molecule has 7 nitrogen and oxygen atoms in total. The van der Waals surface area contributed by atoms with Crippen LogP contribution in [0.15, 0.2) is 58.8 Å². The average Bonchev–Trinajstić information content (AvgIpc) is 3.02. The van der Waals surface area contributed by atoms with Gasteiger partial charge in [-0.2, -0.15) is 5.10 Å². The van der Waals surface area contributed by atoms with Crippen molar-refractivity contribution in [2.45, 2.75) is 5.16 Å². The number of halogens is 1. The fourth-order valence-corrected chi connectivity index (χ4v) is 3.15. The maximum atomic E-state index is 11.9. The number of nitrogens with one attached hydrogen (secondary N) is 1. The van der Waals surface area contributed by atoms with Gasteiger partial charge in [-0.15, -0.1) is 10.2 Å². The smallest absolute Gasteiger partial charge is 0.250 e. The molecular formula is C18H16ClN5O2S. The summed E-state index contributed by atoms with van der Waals surface area (Å²) < 4.78 is 1.80. The SMILES string of the molecule is Cn1c(SCC(=O)N/N=C\c2ccccc2O)nnc1-c1cccc(Cl)c1. The van der Waals surface area contributed by atoms with E-state index in [1.165, 1.54) is 18.0 Å². The van der Waals surface area contributed by atoms with Gasteiger partial charge in [-0.05, 0) is 24.3 Å². The molecule has 0 fully saturated rings. The van der Waals surface area contributed by atoms with Gasteiger partial charge in [0.05, 0.1) is 12.0 Å². The van der Waals surface area contributed by atoms with Crippen LogP contribution in [-0.4, -0.2) is 37.7 Å². The van der Waals surface area contributed by atoms with Crippen molar-refractivity contribution in [1.82, 2.24) is 20.2 Å². The van der Waals surface area contributed by atoms with Gasteiger partial charge in [-0.1, -0.05) is 47.6 Å². The Morgan fingerprint density at radius 1 is 1.30 bits per heavy atom.